The van der Waals surface area contributed by atoms with Crippen LogP contribution < -0.4 is 15.5 Å². The molecule has 0 aliphatic heterocycles. The molecule has 0 aliphatic carbocycles. The van der Waals surface area contributed by atoms with E-state index in [0.717, 1.165) is 44.6 Å². The summed E-state index contributed by atoms with van der Waals surface area (Å²) in [6, 6.07) is 11.7. The maximum absolute atomic E-state index is 13.1. The number of anilines is 1. The molecule has 3 rings (SSSR count). The molecule has 0 fully saturated rings. The molecule has 1 N–H and O–H groups in total. The van der Waals surface area contributed by atoms with Gasteiger partial charge < -0.3 is 10.1 Å². The molecular weight excluding hydrogens is 318 g/mol. The lowest BCUT2D eigenvalue weighted by Gasteiger charge is -2.14. The van der Waals surface area contributed by atoms with E-state index in [9.17, 15) is 4.79 Å². The van der Waals surface area contributed by atoms with Gasteiger partial charge in [-0.1, -0.05) is 32.9 Å². The van der Waals surface area contributed by atoms with Gasteiger partial charge in [0.15, 0.2) is 5.43 Å². The summed E-state index contributed by atoms with van der Waals surface area (Å²) < 4.78 is 7.83. The van der Waals surface area contributed by atoms with Crippen molar-refractivity contribution in [1.29, 1.82) is 0 Å². The van der Waals surface area contributed by atoms with Crippen LogP contribution in [-0.4, -0.2) is 13.2 Å². The molecule has 0 atom stereocenters. The average Bonchev–Trinajstić information content (AvgIpc) is 2.58. The van der Waals surface area contributed by atoms with Gasteiger partial charge >= 0.3 is 0 Å². The largest absolute Gasteiger partial charge is 0.492 e. The van der Waals surface area contributed by atoms with Gasteiger partial charge in [0, 0.05) is 22.3 Å². The Labute approximate surface area is 146 Å². The van der Waals surface area contributed by atoms with Crippen LogP contribution in [0.3, 0.4) is 0 Å². The Hall–Kier alpha value is -2.07. The van der Waals surface area contributed by atoms with E-state index >= 15 is 0 Å². The topological polar surface area (TPSA) is 38.3 Å². The number of ether oxygens (including phenoxy) is 1. The molecule has 0 unspecified atom stereocenters. The predicted octanol–water partition coefficient (Wildman–Crippen LogP) is 5.27. The maximum atomic E-state index is 13.1. The summed E-state index contributed by atoms with van der Waals surface area (Å²) in [6.45, 7) is 7.88. The van der Waals surface area contributed by atoms with E-state index in [4.69, 9.17) is 4.74 Å². The fourth-order valence-corrected chi connectivity index (χ4v) is 3.83. The molecule has 0 aliphatic rings. The highest BCUT2D eigenvalue weighted by Crippen LogP contribution is 2.36. The Morgan fingerprint density at radius 3 is 2.71 bits per heavy atom. The molecule has 0 saturated heterocycles. The van der Waals surface area contributed by atoms with E-state index in [1.165, 1.54) is 0 Å². The number of rotatable bonds is 6. The zero-order valence-electron chi connectivity index (χ0n) is 14.4. The summed E-state index contributed by atoms with van der Waals surface area (Å²) in [5.74, 6) is 1.31. The van der Waals surface area contributed by atoms with Crippen LogP contribution in [0, 0.1) is 5.92 Å². The number of hydrogen-bond donors (Lipinski definition) is 1. The van der Waals surface area contributed by atoms with Crippen molar-refractivity contribution in [3.63, 3.8) is 0 Å². The maximum Gasteiger partial charge on any atom is 0.198 e. The van der Waals surface area contributed by atoms with E-state index in [0.29, 0.717) is 12.5 Å². The fraction of sp³-hybridized carbons (Fsp3) is 0.350. The zero-order valence-corrected chi connectivity index (χ0v) is 15.2. The van der Waals surface area contributed by atoms with Crippen molar-refractivity contribution in [2.75, 3.05) is 18.5 Å². The molecule has 0 spiro atoms. The first-order valence-corrected chi connectivity index (χ1v) is 9.28. The molecule has 0 amide bonds. The minimum atomic E-state index is 0.0764. The third-order valence-electron chi connectivity index (χ3n) is 3.85. The predicted molar refractivity (Wildman–Crippen MR) is 105 cm³/mol. The Bertz CT molecular complexity index is 915. The second kappa shape index (κ2) is 7.22. The first-order chi connectivity index (χ1) is 11.6. The zero-order chi connectivity index (χ0) is 17.1. The van der Waals surface area contributed by atoms with Crippen LogP contribution in [0.15, 0.2) is 41.2 Å². The van der Waals surface area contributed by atoms with Crippen molar-refractivity contribution < 1.29 is 4.74 Å². The average molecular weight is 341 g/mol. The lowest BCUT2D eigenvalue weighted by molar-refractivity contribution is 0.321. The molecule has 24 heavy (non-hydrogen) atoms. The highest BCUT2D eigenvalue weighted by molar-refractivity contribution is 7.25. The highest BCUT2D eigenvalue weighted by Gasteiger charge is 2.14. The molecule has 4 heteroatoms. The van der Waals surface area contributed by atoms with Crippen molar-refractivity contribution >= 4 is 37.2 Å². The van der Waals surface area contributed by atoms with Crippen LogP contribution in [0.1, 0.15) is 27.2 Å². The Morgan fingerprint density at radius 1 is 1.17 bits per heavy atom. The molecule has 0 saturated carbocycles. The first kappa shape index (κ1) is 16.8. The smallest absolute Gasteiger partial charge is 0.198 e. The normalized spacial score (nSPS) is 11.3. The van der Waals surface area contributed by atoms with Crippen LogP contribution in [0.5, 0.6) is 5.75 Å². The Kier molecular flexibility index (Phi) is 5.05. The van der Waals surface area contributed by atoms with Gasteiger partial charge in [-0.2, -0.15) is 0 Å². The summed E-state index contributed by atoms with van der Waals surface area (Å²) >= 11 is 1.63. The molecule has 3 nitrogen and oxygen atoms in total. The van der Waals surface area contributed by atoms with E-state index in [-0.39, 0.29) is 5.43 Å². The summed E-state index contributed by atoms with van der Waals surface area (Å²) in [5.41, 5.74) is 0.974. The SMILES string of the molecule is CCCOc1ccc(NCC(C)C)c2c(=O)c3ccccc3sc12. The minimum Gasteiger partial charge on any atom is -0.492 e. The number of nitrogens with one attached hydrogen (secondary N) is 1. The van der Waals surface area contributed by atoms with Crippen LogP contribution in [-0.2, 0) is 0 Å². The van der Waals surface area contributed by atoms with Crippen molar-refractivity contribution in [2.24, 2.45) is 5.92 Å². The van der Waals surface area contributed by atoms with Crippen LogP contribution in [0.4, 0.5) is 5.69 Å². The van der Waals surface area contributed by atoms with Crippen molar-refractivity contribution in [2.45, 2.75) is 27.2 Å². The fourth-order valence-electron chi connectivity index (χ4n) is 2.67. The molecule has 0 bridgehead atoms. The summed E-state index contributed by atoms with van der Waals surface area (Å²) in [5, 5.41) is 4.94. The summed E-state index contributed by atoms with van der Waals surface area (Å²) in [6.07, 6.45) is 0.942. The molecule has 1 heterocycles. The van der Waals surface area contributed by atoms with E-state index in [2.05, 4.69) is 26.1 Å². The third-order valence-corrected chi connectivity index (χ3v) is 5.04. The summed E-state index contributed by atoms with van der Waals surface area (Å²) in [7, 11) is 0. The van der Waals surface area contributed by atoms with Gasteiger partial charge in [-0.25, -0.2) is 0 Å². The van der Waals surface area contributed by atoms with Gasteiger partial charge in [0.2, 0.25) is 0 Å². The van der Waals surface area contributed by atoms with E-state index in [1.807, 2.05) is 36.4 Å². The monoisotopic (exact) mass is 341 g/mol. The number of hydrogen-bond acceptors (Lipinski definition) is 4. The Morgan fingerprint density at radius 2 is 1.96 bits per heavy atom. The van der Waals surface area contributed by atoms with Crippen molar-refractivity contribution in [3.05, 3.63) is 46.6 Å². The second-order valence-corrected chi connectivity index (χ2v) is 7.42. The lowest BCUT2D eigenvalue weighted by atomic mass is 10.1. The second-order valence-electron chi connectivity index (χ2n) is 6.37. The van der Waals surface area contributed by atoms with Gasteiger partial charge in [-0.05, 0) is 36.6 Å². The third kappa shape index (κ3) is 3.24. The molecule has 0 radical (unpaired) electrons. The van der Waals surface area contributed by atoms with E-state index in [1.54, 1.807) is 11.3 Å². The van der Waals surface area contributed by atoms with Gasteiger partial charge in [-0.15, -0.1) is 11.3 Å². The van der Waals surface area contributed by atoms with Gasteiger partial charge in [0.25, 0.3) is 0 Å². The van der Waals surface area contributed by atoms with Gasteiger partial charge in [-0.3, -0.25) is 4.79 Å². The standard InChI is InChI=1S/C20H23NO2S/c1-4-11-23-16-10-9-15(21-12-13(2)3)18-19(22)14-7-5-6-8-17(14)24-20(16)18/h5-10,13,21H,4,11-12H2,1-3H3. The Balaban J connectivity index is 2.26. The minimum absolute atomic E-state index is 0.0764. The van der Waals surface area contributed by atoms with Crippen molar-refractivity contribution in [3.8, 4) is 5.75 Å². The molecule has 126 valence electrons. The molecular formula is C20H23NO2S. The lowest BCUT2D eigenvalue weighted by Crippen LogP contribution is -2.11. The quantitative estimate of drug-likeness (QED) is 0.621. The van der Waals surface area contributed by atoms with Crippen LogP contribution in [0.2, 0.25) is 0 Å². The van der Waals surface area contributed by atoms with Crippen LogP contribution >= 0.6 is 11.3 Å². The number of fused-ring (bicyclic) bond motifs is 2. The van der Waals surface area contributed by atoms with E-state index < -0.39 is 0 Å². The number of benzene rings is 2. The molecule has 2 aromatic carbocycles. The summed E-state index contributed by atoms with van der Waals surface area (Å²) in [4.78, 5) is 13.1. The van der Waals surface area contributed by atoms with Crippen molar-refractivity contribution in [1.82, 2.24) is 0 Å². The molecule has 3 aromatic rings. The highest BCUT2D eigenvalue weighted by atomic mass is 32.1. The van der Waals surface area contributed by atoms with Crippen LogP contribution in [0.25, 0.3) is 20.2 Å². The van der Waals surface area contributed by atoms with Gasteiger partial charge in [0.05, 0.1) is 16.7 Å². The van der Waals surface area contributed by atoms with Gasteiger partial charge in [0.1, 0.15) is 5.75 Å². The first-order valence-electron chi connectivity index (χ1n) is 8.47. The molecule has 1 aromatic heterocycles.